The van der Waals surface area contributed by atoms with Crippen molar-refractivity contribution in [1.82, 2.24) is 5.32 Å². The Hall–Kier alpha value is -2.89. The van der Waals surface area contributed by atoms with Crippen molar-refractivity contribution in [3.63, 3.8) is 0 Å². The van der Waals surface area contributed by atoms with E-state index in [0.29, 0.717) is 16.9 Å². The SMILES string of the molecule is Cc1ccc(F)cc1NC(=O)c1ccccc1NC(=O)NC(C)C. The van der Waals surface area contributed by atoms with Crippen LogP contribution in [0.25, 0.3) is 0 Å². The summed E-state index contributed by atoms with van der Waals surface area (Å²) in [6.45, 7) is 5.45. The molecule has 0 radical (unpaired) electrons. The average molecular weight is 329 g/mol. The molecule has 0 atom stereocenters. The number of carbonyl (C=O) groups excluding carboxylic acids is 2. The molecule has 6 heteroatoms. The van der Waals surface area contributed by atoms with E-state index in [1.54, 1.807) is 37.3 Å². The number of hydrogen-bond acceptors (Lipinski definition) is 2. The van der Waals surface area contributed by atoms with Crippen LogP contribution in [0.4, 0.5) is 20.6 Å². The second-order valence-electron chi connectivity index (χ2n) is 5.71. The van der Waals surface area contributed by atoms with E-state index in [-0.39, 0.29) is 6.04 Å². The van der Waals surface area contributed by atoms with Gasteiger partial charge in [-0.25, -0.2) is 9.18 Å². The van der Waals surface area contributed by atoms with E-state index in [4.69, 9.17) is 0 Å². The predicted molar refractivity (Wildman–Crippen MR) is 92.8 cm³/mol. The molecule has 0 aromatic heterocycles. The zero-order valence-electron chi connectivity index (χ0n) is 13.8. The standard InChI is InChI=1S/C18H20FN3O2/c1-11(2)20-18(24)22-15-7-5-4-6-14(15)17(23)21-16-10-13(19)9-8-12(16)3/h4-11H,1-3H3,(H,21,23)(H2,20,22,24). The fourth-order valence-corrected chi connectivity index (χ4v) is 2.13. The van der Waals surface area contributed by atoms with E-state index < -0.39 is 17.8 Å². The van der Waals surface area contributed by atoms with Gasteiger partial charge in [-0.1, -0.05) is 18.2 Å². The largest absolute Gasteiger partial charge is 0.336 e. The molecule has 126 valence electrons. The molecule has 2 rings (SSSR count). The van der Waals surface area contributed by atoms with Crippen molar-refractivity contribution in [3.05, 3.63) is 59.4 Å². The molecule has 3 amide bonds. The number of urea groups is 1. The summed E-state index contributed by atoms with van der Waals surface area (Å²) in [5.74, 6) is -0.859. The molecule has 0 heterocycles. The van der Waals surface area contributed by atoms with Gasteiger partial charge in [-0.15, -0.1) is 0 Å². The number of halogens is 1. The van der Waals surface area contributed by atoms with Gasteiger partial charge in [0.25, 0.3) is 5.91 Å². The van der Waals surface area contributed by atoms with Crippen molar-refractivity contribution >= 4 is 23.3 Å². The van der Waals surface area contributed by atoms with Gasteiger partial charge in [-0.2, -0.15) is 0 Å². The summed E-state index contributed by atoms with van der Waals surface area (Å²) >= 11 is 0. The summed E-state index contributed by atoms with van der Waals surface area (Å²) in [4.78, 5) is 24.3. The minimum absolute atomic E-state index is 0.0269. The molecule has 0 spiro atoms. The van der Waals surface area contributed by atoms with Crippen molar-refractivity contribution in [3.8, 4) is 0 Å². The first kappa shape index (κ1) is 17.5. The first-order chi connectivity index (χ1) is 11.4. The summed E-state index contributed by atoms with van der Waals surface area (Å²) in [6, 6.07) is 10.4. The quantitative estimate of drug-likeness (QED) is 0.796. The van der Waals surface area contributed by atoms with Crippen LogP contribution in [0.3, 0.4) is 0 Å². The number of anilines is 2. The first-order valence-corrected chi connectivity index (χ1v) is 7.61. The maximum atomic E-state index is 13.4. The lowest BCUT2D eigenvalue weighted by atomic mass is 10.1. The molecule has 0 aliphatic heterocycles. The lowest BCUT2D eigenvalue weighted by Crippen LogP contribution is -2.34. The number of carbonyl (C=O) groups is 2. The minimum atomic E-state index is -0.432. The van der Waals surface area contributed by atoms with Crippen LogP contribution >= 0.6 is 0 Å². The molecule has 3 N–H and O–H groups in total. The molecular weight excluding hydrogens is 309 g/mol. The van der Waals surface area contributed by atoms with Gasteiger partial charge < -0.3 is 16.0 Å². The zero-order valence-corrected chi connectivity index (χ0v) is 13.8. The van der Waals surface area contributed by atoms with E-state index in [2.05, 4.69) is 16.0 Å². The van der Waals surface area contributed by atoms with Gasteiger partial charge in [-0.3, -0.25) is 4.79 Å². The molecule has 0 saturated heterocycles. The highest BCUT2D eigenvalue weighted by Gasteiger charge is 2.14. The van der Waals surface area contributed by atoms with E-state index in [9.17, 15) is 14.0 Å². The maximum absolute atomic E-state index is 13.4. The molecule has 0 fully saturated rings. The average Bonchev–Trinajstić information content (AvgIpc) is 2.50. The summed E-state index contributed by atoms with van der Waals surface area (Å²) < 4.78 is 13.4. The van der Waals surface area contributed by atoms with Gasteiger partial charge in [0.1, 0.15) is 5.82 Å². The normalized spacial score (nSPS) is 10.4. The number of hydrogen-bond donors (Lipinski definition) is 3. The molecule has 0 bridgehead atoms. The highest BCUT2D eigenvalue weighted by atomic mass is 19.1. The fraction of sp³-hybridized carbons (Fsp3) is 0.222. The van der Waals surface area contributed by atoms with Crippen LogP contribution in [0.5, 0.6) is 0 Å². The number of rotatable bonds is 4. The Balaban J connectivity index is 2.20. The van der Waals surface area contributed by atoms with Gasteiger partial charge in [0.15, 0.2) is 0 Å². The minimum Gasteiger partial charge on any atom is -0.336 e. The number of amides is 3. The second kappa shape index (κ2) is 7.59. The Labute approximate surface area is 140 Å². The van der Waals surface area contributed by atoms with E-state index in [1.165, 1.54) is 12.1 Å². The van der Waals surface area contributed by atoms with E-state index in [0.717, 1.165) is 5.56 Å². The van der Waals surface area contributed by atoms with Gasteiger partial charge in [0.2, 0.25) is 0 Å². The Morgan fingerprint density at radius 3 is 2.42 bits per heavy atom. The number of benzene rings is 2. The smallest absolute Gasteiger partial charge is 0.319 e. The van der Waals surface area contributed by atoms with Gasteiger partial charge in [-0.05, 0) is 50.6 Å². The second-order valence-corrected chi connectivity index (χ2v) is 5.71. The molecule has 2 aromatic carbocycles. The summed E-state index contributed by atoms with van der Waals surface area (Å²) in [7, 11) is 0. The lowest BCUT2D eigenvalue weighted by molar-refractivity contribution is 0.102. The topological polar surface area (TPSA) is 70.2 Å². The Bertz CT molecular complexity index is 760. The molecule has 24 heavy (non-hydrogen) atoms. The maximum Gasteiger partial charge on any atom is 0.319 e. The lowest BCUT2D eigenvalue weighted by Gasteiger charge is -2.14. The summed E-state index contributed by atoms with van der Waals surface area (Å²) in [5.41, 5.74) is 1.80. The summed E-state index contributed by atoms with van der Waals surface area (Å²) in [5, 5.41) is 8.01. The Morgan fingerprint density at radius 1 is 1.00 bits per heavy atom. The Kier molecular flexibility index (Phi) is 5.52. The zero-order chi connectivity index (χ0) is 17.7. The van der Waals surface area contributed by atoms with Crippen LogP contribution in [0.15, 0.2) is 42.5 Å². The highest BCUT2D eigenvalue weighted by molar-refractivity contribution is 6.10. The van der Waals surface area contributed by atoms with Crippen LogP contribution in [0, 0.1) is 12.7 Å². The molecule has 2 aromatic rings. The third-order valence-electron chi connectivity index (χ3n) is 3.29. The monoisotopic (exact) mass is 329 g/mol. The van der Waals surface area contributed by atoms with Crippen LogP contribution in [-0.2, 0) is 0 Å². The first-order valence-electron chi connectivity index (χ1n) is 7.61. The predicted octanol–water partition coefficient (Wildman–Crippen LogP) is 3.92. The van der Waals surface area contributed by atoms with Gasteiger partial charge in [0, 0.05) is 11.7 Å². The molecule has 0 aliphatic rings. The van der Waals surface area contributed by atoms with E-state index >= 15 is 0 Å². The molecule has 0 unspecified atom stereocenters. The fourth-order valence-electron chi connectivity index (χ4n) is 2.13. The third-order valence-corrected chi connectivity index (χ3v) is 3.29. The van der Waals surface area contributed by atoms with Crippen molar-refractivity contribution in [1.29, 1.82) is 0 Å². The number of nitrogens with one attached hydrogen (secondary N) is 3. The third kappa shape index (κ3) is 4.55. The number of aryl methyl sites for hydroxylation is 1. The van der Waals surface area contributed by atoms with Crippen molar-refractivity contribution in [2.45, 2.75) is 26.8 Å². The highest BCUT2D eigenvalue weighted by Crippen LogP contribution is 2.20. The van der Waals surface area contributed by atoms with Crippen LogP contribution in [0.2, 0.25) is 0 Å². The number of para-hydroxylation sites is 1. The van der Waals surface area contributed by atoms with Gasteiger partial charge >= 0.3 is 6.03 Å². The summed E-state index contributed by atoms with van der Waals surface area (Å²) in [6.07, 6.45) is 0. The Morgan fingerprint density at radius 2 is 1.71 bits per heavy atom. The van der Waals surface area contributed by atoms with Crippen LogP contribution < -0.4 is 16.0 Å². The molecular formula is C18H20FN3O2. The molecule has 0 saturated carbocycles. The van der Waals surface area contributed by atoms with Gasteiger partial charge in [0.05, 0.1) is 11.3 Å². The molecule has 0 aliphatic carbocycles. The van der Waals surface area contributed by atoms with Crippen molar-refractivity contribution in [2.24, 2.45) is 0 Å². The van der Waals surface area contributed by atoms with Crippen molar-refractivity contribution in [2.75, 3.05) is 10.6 Å². The van der Waals surface area contributed by atoms with Crippen LogP contribution in [-0.4, -0.2) is 18.0 Å². The van der Waals surface area contributed by atoms with E-state index in [1.807, 2.05) is 13.8 Å². The van der Waals surface area contributed by atoms with Crippen LogP contribution in [0.1, 0.15) is 29.8 Å². The molecule has 5 nitrogen and oxygen atoms in total. The van der Waals surface area contributed by atoms with Crippen molar-refractivity contribution < 1.29 is 14.0 Å².